The molecule has 0 aliphatic heterocycles. The van der Waals surface area contributed by atoms with Gasteiger partial charge in [-0.2, -0.15) is 0 Å². The number of rotatable bonds is 2. The van der Waals surface area contributed by atoms with Gasteiger partial charge in [-0.15, -0.1) is 0 Å². The summed E-state index contributed by atoms with van der Waals surface area (Å²) in [5, 5.41) is 0. The van der Waals surface area contributed by atoms with Gasteiger partial charge in [0.2, 0.25) is 0 Å². The van der Waals surface area contributed by atoms with E-state index in [0.717, 1.165) is 5.56 Å². The van der Waals surface area contributed by atoms with Crippen molar-refractivity contribution in [1.29, 1.82) is 0 Å². The molecule has 1 nitrogen and oxygen atoms in total. The fourth-order valence-corrected chi connectivity index (χ4v) is 1.19. The molecule has 0 amide bonds. The summed E-state index contributed by atoms with van der Waals surface area (Å²) in [6.45, 7) is 0. The fourth-order valence-electron chi connectivity index (χ4n) is 0.903. The van der Waals surface area contributed by atoms with E-state index in [2.05, 4.69) is 15.9 Å². The molecule has 0 atom stereocenters. The molecule has 1 aromatic rings. The zero-order valence-electron chi connectivity index (χ0n) is 6.55. The second kappa shape index (κ2) is 4.26. The fraction of sp³-hybridized carbons (Fsp3) is 0.111. The van der Waals surface area contributed by atoms with Gasteiger partial charge in [-0.1, -0.05) is 15.9 Å². The van der Waals surface area contributed by atoms with Crippen LogP contribution in [0.2, 0.25) is 0 Å². The third kappa shape index (κ3) is 2.08. The number of hydrogen-bond donors (Lipinski definition) is 0. The first-order valence-electron chi connectivity index (χ1n) is 3.38. The van der Waals surface area contributed by atoms with Crippen molar-refractivity contribution in [3.63, 3.8) is 0 Å². The van der Waals surface area contributed by atoms with Crippen molar-refractivity contribution in [2.24, 2.45) is 0 Å². The molecular formula is C9H8BrFO. The maximum Gasteiger partial charge on any atom is 0.126 e. The number of benzene rings is 1. The molecule has 12 heavy (non-hydrogen) atoms. The molecule has 0 radical (unpaired) electrons. The molecule has 0 aliphatic rings. The maximum atomic E-state index is 12.7. The van der Waals surface area contributed by atoms with Gasteiger partial charge in [0.1, 0.15) is 11.6 Å². The lowest BCUT2D eigenvalue weighted by atomic mass is 10.2. The molecule has 0 N–H and O–H groups in total. The van der Waals surface area contributed by atoms with Gasteiger partial charge in [-0.3, -0.25) is 0 Å². The Kier molecular flexibility index (Phi) is 3.29. The number of halogens is 2. The molecule has 0 spiro atoms. The third-order valence-electron chi connectivity index (χ3n) is 1.43. The van der Waals surface area contributed by atoms with E-state index < -0.39 is 0 Å². The summed E-state index contributed by atoms with van der Waals surface area (Å²) >= 11 is 3.12. The van der Waals surface area contributed by atoms with Gasteiger partial charge in [0.05, 0.1) is 7.11 Å². The Morgan fingerprint density at radius 3 is 2.83 bits per heavy atom. The highest BCUT2D eigenvalue weighted by Gasteiger charge is 1.99. The topological polar surface area (TPSA) is 9.23 Å². The zero-order valence-corrected chi connectivity index (χ0v) is 8.14. The molecular weight excluding hydrogens is 223 g/mol. The highest BCUT2D eigenvalue weighted by atomic mass is 79.9. The van der Waals surface area contributed by atoms with Crippen LogP contribution in [0.1, 0.15) is 5.56 Å². The van der Waals surface area contributed by atoms with Crippen molar-refractivity contribution in [3.05, 3.63) is 34.6 Å². The lowest BCUT2D eigenvalue weighted by Gasteiger charge is -2.03. The SMILES string of the molecule is COc1ccc(F)cc1/C=C/Br. The molecule has 0 aromatic heterocycles. The summed E-state index contributed by atoms with van der Waals surface area (Å²) in [7, 11) is 1.55. The molecule has 0 fully saturated rings. The van der Waals surface area contributed by atoms with Crippen LogP contribution in [0.5, 0.6) is 5.75 Å². The predicted octanol–water partition coefficient (Wildman–Crippen LogP) is 3.20. The van der Waals surface area contributed by atoms with E-state index in [-0.39, 0.29) is 5.82 Å². The lowest BCUT2D eigenvalue weighted by molar-refractivity contribution is 0.412. The van der Waals surface area contributed by atoms with E-state index in [1.807, 2.05) is 0 Å². The Labute approximate surface area is 79.0 Å². The molecule has 1 aromatic carbocycles. The normalized spacial score (nSPS) is 10.6. The Bertz CT molecular complexity index is 297. The van der Waals surface area contributed by atoms with Crippen LogP contribution >= 0.6 is 15.9 Å². The molecule has 1 rings (SSSR count). The number of methoxy groups -OCH3 is 1. The second-order valence-corrected chi connectivity index (χ2v) is 2.71. The van der Waals surface area contributed by atoms with Crippen molar-refractivity contribution in [2.75, 3.05) is 7.11 Å². The van der Waals surface area contributed by atoms with Crippen LogP contribution in [-0.2, 0) is 0 Å². The summed E-state index contributed by atoms with van der Waals surface area (Å²) in [5.41, 5.74) is 0.717. The molecule has 3 heteroatoms. The zero-order chi connectivity index (χ0) is 8.97. The molecule has 0 bridgehead atoms. The van der Waals surface area contributed by atoms with Gasteiger partial charge in [-0.05, 0) is 29.3 Å². The average Bonchev–Trinajstić information content (AvgIpc) is 2.05. The summed E-state index contributed by atoms with van der Waals surface area (Å²) in [6, 6.07) is 4.37. The molecule has 0 saturated heterocycles. The van der Waals surface area contributed by atoms with Crippen LogP contribution < -0.4 is 4.74 Å². The maximum absolute atomic E-state index is 12.7. The van der Waals surface area contributed by atoms with Gasteiger partial charge < -0.3 is 4.74 Å². The molecule has 0 aliphatic carbocycles. The van der Waals surface area contributed by atoms with E-state index in [1.165, 1.54) is 12.1 Å². The van der Waals surface area contributed by atoms with Crippen molar-refractivity contribution < 1.29 is 9.13 Å². The number of ether oxygens (including phenoxy) is 1. The van der Waals surface area contributed by atoms with E-state index in [0.29, 0.717) is 5.75 Å². The minimum atomic E-state index is -0.267. The molecule has 0 heterocycles. The van der Waals surface area contributed by atoms with Crippen LogP contribution in [0, 0.1) is 5.82 Å². The highest BCUT2D eigenvalue weighted by molar-refractivity contribution is 9.11. The van der Waals surface area contributed by atoms with E-state index in [1.54, 1.807) is 24.2 Å². The summed E-state index contributed by atoms with van der Waals surface area (Å²) in [4.78, 5) is 1.66. The monoisotopic (exact) mass is 230 g/mol. The minimum Gasteiger partial charge on any atom is -0.496 e. The van der Waals surface area contributed by atoms with Gasteiger partial charge in [0.15, 0.2) is 0 Å². The molecule has 0 saturated carbocycles. The largest absolute Gasteiger partial charge is 0.496 e. The molecule has 64 valence electrons. The highest BCUT2D eigenvalue weighted by Crippen LogP contribution is 2.20. The van der Waals surface area contributed by atoms with E-state index in [9.17, 15) is 4.39 Å². The first-order chi connectivity index (χ1) is 5.77. The van der Waals surface area contributed by atoms with Gasteiger partial charge >= 0.3 is 0 Å². The average molecular weight is 231 g/mol. The van der Waals surface area contributed by atoms with Crippen LogP contribution in [0.25, 0.3) is 6.08 Å². The first-order valence-corrected chi connectivity index (χ1v) is 4.30. The Hall–Kier alpha value is -0.830. The van der Waals surface area contributed by atoms with Crippen LogP contribution in [0.15, 0.2) is 23.2 Å². The van der Waals surface area contributed by atoms with Crippen LogP contribution in [0.3, 0.4) is 0 Å². The summed E-state index contributed by atoms with van der Waals surface area (Å²) in [5.74, 6) is 0.392. The van der Waals surface area contributed by atoms with Crippen molar-refractivity contribution >= 4 is 22.0 Å². The van der Waals surface area contributed by atoms with E-state index >= 15 is 0 Å². The van der Waals surface area contributed by atoms with Crippen molar-refractivity contribution in [3.8, 4) is 5.75 Å². The van der Waals surface area contributed by atoms with E-state index in [4.69, 9.17) is 4.74 Å². The quantitative estimate of drug-likeness (QED) is 0.759. The van der Waals surface area contributed by atoms with Crippen LogP contribution in [0.4, 0.5) is 4.39 Å². The number of hydrogen-bond acceptors (Lipinski definition) is 1. The smallest absolute Gasteiger partial charge is 0.126 e. The van der Waals surface area contributed by atoms with Crippen LogP contribution in [-0.4, -0.2) is 7.11 Å². The van der Waals surface area contributed by atoms with Crippen molar-refractivity contribution in [1.82, 2.24) is 0 Å². The summed E-state index contributed by atoms with van der Waals surface area (Å²) < 4.78 is 17.7. The Morgan fingerprint density at radius 2 is 2.25 bits per heavy atom. The minimum absolute atomic E-state index is 0.267. The van der Waals surface area contributed by atoms with Crippen molar-refractivity contribution in [2.45, 2.75) is 0 Å². The summed E-state index contributed by atoms with van der Waals surface area (Å²) in [6.07, 6.45) is 1.72. The van der Waals surface area contributed by atoms with Gasteiger partial charge in [0.25, 0.3) is 0 Å². The second-order valence-electron chi connectivity index (χ2n) is 2.18. The standard InChI is InChI=1S/C9H8BrFO/c1-12-9-3-2-8(11)6-7(9)4-5-10/h2-6H,1H3/b5-4+. The molecule has 0 unspecified atom stereocenters. The predicted molar refractivity (Wildman–Crippen MR) is 50.9 cm³/mol. The first kappa shape index (κ1) is 9.26. The Morgan fingerprint density at radius 1 is 1.50 bits per heavy atom. The van der Waals surface area contributed by atoms with Gasteiger partial charge in [0, 0.05) is 5.56 Å². The van der Waals surface area contributed by atoms with Gasteiger partial charge in [-0.25, -0.2) is 4.39 Å². The lowest BCUT2D eigenvalue weighted by Crippen LogP contribution is -1.87. The Balaban J connectivity index is 3.12. The third-order valence-corrected chi connectivity index (χ3v) is 1.70.